The van der Waals surface area contributed by atoms with Gasteiger partial charge in [0.15, 0.2) is 5.58 Å². The van der Waals surface area contributed by atoms with Crippen LogP contribution in [0.25, 0.3) is 11.1 Å². The van der Waals surface area contributed by atoms with Crippen LogP contribution in [-0.4, -0.2) is 34.9 Å². The van der Waals surface area contributed by atoms with Crippen LogP contribution >= 0.6 is 0 Å². The van der Waals surface area contributed by atoms with Gasteiger partial charge in [0.1, 0.15) is 0 Å². The predicted molar refractivity (Wildman–Crippen MR) is 64.9 cm³/mol. The second kappa shape index (κ2) is 4.73. The SMILES string of the molecule is CN(CO)CCc1ccc2c(c1)oc(=O)n2C. The topological polar surface area (TPSA) is 58.6 Å². The summed E-state index contributed by atoms with van der Waals surface area (Å²) in [5.74, 6) is -0.343. The normalized spacial score (nSPS) is 11.5. The molecule has 0 aliphatic heterocycles. The fourth-order valence-corrected chi connectivity index (χ4v) is 1.72. The third-order valence-corrected chi connectivity index (χ3v) is 2.88. The van der Waals surface area contributed by atoms with E-state index in [0.29, 0.717) is 5.58 Å². The number of nitrogens with zero attached hydrogens (tertiary/aromatic N) is 2. The molecular formula is C12H16N2O3. The van der Waals surface area contributed by atoms with E-state index in [-0.39, 0.29) is 12.5 Å². The lowest BCUT2D eigenvalue weighted by atomic mass is 10.1. The second-order valence-corrected chi connectivity index (χ2v) is 4.20. The summed E-state index contributed by atoms with van der Waals surface area (Å²) in [7, 11) is 3.54. The Morgan fingerprint density at radius 1 is 1.47 bits per heavy atom. The van der Waals surface area contributed by atoms with Gasteiger partial charge in [-0.05, 0) is 31.2 Å². The van der Waals surface area contributed by atoms with E-state index in [0.717, 1.165) is 24.0 Å². The molecule has 0 atom stereocenters. The van der Waals surface area contributed by atoms with Crippen molar-refractivity contribution < 1.29 is 9.52 Å². The molecule has 0 aliphatic rings. The summed E-state index contributed by atoms with van der Waals surface area (Å²) in [4.78, 5) is 13.1. The van der Waals surface area contributed by atoms with Crippen molar-refractivity contribution in [1.82, 2.24) is 9.47 Å². The molecule has 0 saturated heterocycles. The average molecular weight is 236 g/mol. The van der Waals surface area contributed by atoms with Gasteiger partial charge in [0.05, 0.1) is 12.2 Å². The minimum absolute atomic E-state index is 0.0443. The summed E-state index contributed by atoms with van der Waals surface area (Å²) in [6, 6.07) is 5.74. The molecule has 0 radical (unpaired) electrons. The Morgan fingerprint density at radius 2 is 2.24 bits per heavy atom. The van der Waals surface area contributed by atoms with Crippen LogP contribution in [0.5, 0.6) is 0 Å². The molecule has 0 saturated carbocycles. The van der Waals surface area contributed by atoms with Crippen molar-refractivity contribution in [2.45, 2.75) is 6.42 Å². The smallest absolute Gasteiger partial charge is 0.408 e. The van der Waals surface area contributed by atoms with Crippen LogP contribution in [0.1, 0.15) is 5.56 Å². The van der Waals surface area contributed by atoms with E-state index in [4.69, 9.17) is 9.52 Å². The third kappa shape index (κ3) is 2.40. The first-order valence-electron chi connectivity index (χ1n) is 5.49. The number of oxazole rings is 1. The maximum Gasteiger partial charge on any atom is 0.419 e. The summed E-state index contributed by atoms with van der Waals surface area (Å²) < 4.78 is 6.60. The first kappa shape index (κ1) is 11.9. The van der Waals surface area contributed by atoms with Crippen molar-refractivity contribution in [2.24, 2.45) is 7.05 Å². The molecule has 1 heterocycles. The first-order valence-corrected chi connectivity index (χ1v) is 5.49. The largest absolute Gasteiger partial charge is 0.419 e. The molecule has 5 nitrogen and oxygen atoms in total. The number of hydrogen-bond donors (Lipinski definition) is 1. The van der Waals surface area contributed by atoms with Crippen molar-refractivity contribution in [3.8, 4) is 0 Å². The summed E-state index contributed by atoms with van der Waals surface area (Å²) in [5, 5.41) is 8.89. The standard InChI is InChI=1S/C12H16N2O3/c1-13(8-15)6-5-9-3-4-10-11(7-9)17-12(16)14(10)2/h3-4,7,15H,5-6,8H2,1-2H3. The molecule has 0 bridgehead atoms. The number of aryl methyl sites for hydroxylation is 1. The summed E-state index contributed by atoms with van der Waals surface area (Å²) >= 11 is 0. The Hall–Kier alpha value is -1.59. The van der Waals surface area contributed by atoms with E-state index in [1.165, 1.54) is 4.57 Å². The van der Waals surface area contributed by atoms with Crippen molar-refractivity contribution in [3.05, 3.63) is 34.3 Å². The van der Waals surface area contributed by atoms with Gasteiger partial charge in [0.25, 0.3) is 0 Å². The molecule has 92 valence electrons. The molecule has 0 fully saturated rings. The van der Waals surface area contributed by atoms with Crippen LogP contribution in [0.4, 0.5) is 0 Å². The number of aliphatic hydroxyl groups excluding tert-OH is 1. The van der Waals surface area contributed by atoms with Crippen molar-refractivity contribution in [1.29, 1.82) is 0 Å². The van der Waals surface area contributed by atoms with Crippen LogP contribution in [-0.2, 0) is 13.5 Å². The van der Waals surface area contributed by atoms with Gasteiger partial charge in [0.2, 0.25) is 0 Å². The molecular weight excluding hydrogens is 220 g/mol. The average Bonchev–Trinajstić information content (AvgIpc) is 2.62. The van der Waals surface area contributed by atoms with Crippen molar-refractivity contribution in [3.63, 3.8) is 0 Å². The van der Waals surface area contributed by atoms with Gasteiger partial charge in [0, 0.05) is 13.6 Å². The van der Waals surface area contributed by atoms with Gasteiger partial charge in [-0.25, -0.2) is 4.79 Å². The fraction of sp³-hybridized carbons (Fsp3) is 0.417. The Bertz CT molecular complexity index is 571. The van der Waals surface area contributed by atoms with E-state index in [1.807, 2.05) is 30.1 Å². The Kier molecular flexibility index (Phi) is 3.31. The Balaban J connectivity index is 2.23. The van der Waals surface area contributed by atoms with Gasteiger partial charge in [-0.1, -0.05) is 6.07 Å². The lowest BCUT2D eigenvalue weighted by Gasteiger charge is -2.12. The lowest BCUT2D eigenvalue weighted by molar-refractivity contribution is 0.134. The molecule has 2 aromatic rings. The summed E-state index contributed by atoms with van der Waals surface area (Å²) in [5.41, 5.74) is 2.50. The van der Waals surface area contributed by atoms with Gasteiger partial charge in [-0.2, -0.15) is 0 Å². The Labute approximate surface area is 98.9 Å². The molecule has 0 spiro atoms. The van der Waals surface area contributed by atoms with E-state index < -0.39 is 0 Å². The fourth-order valence-electron chi connectivity index (χ4n) is 1.72. The number of rotatable bonds is 4. The molecule has 1 N–H and O–H groups in total. The number of benzene rings is 1. The maximum absolute atomic E-state index is 11.3. The van der Waals surface area contributed by atoms with Crippen LogP contribution < -0.4 is 5.76 Å². The molecule has 0 unspecified atom stereocenters. The lowest BCUT2D eigenvalue weighted by Crippen LogP contribution is -2.21. The second-order valence-electron chi connectivity index (χ2n) is 4.20. The highest BCUT2D eigenvalue weighted by Gasteiger charge is 2.06. The Morgan fingerprint density at radius 3 is 2.94 bits per heavy atom. The number of likely N-dealkylation sites (N-methyl/N-ethyl adjacent to an activating group) is 1. The molecule has 2 rings (SSSR count). The highest BCUT2D eigenvalue weighted by atomic mass is 16.4. The molecule has 17 heavy (non-hydrogen) atoms. The van der Waals surface area contributed by atoms with Crippen LogP contribution in [0.2, 0.25) is 0 Å². The highest BCUT2D eigenvalue weighted by Crippen LogP contribution is 2.14. The van der Waals surface area contributed by atoms with Gasteiger partial charge >= 0.3 is 5.76 Å². The zero-order valence-corrected chi connectivity index (χ0v) is 10.0. The quantitative estimate of drug-likeness (QED) is 0.788. The molecule has 0 amide bonds. The van der Waals surface area contributed by atoms with E-state index in [1.54, 1.807) is 7.05 Å². The predicted octanol–water partition coefficient (Wildman–Crippen LogP) is 0.556. The molecule has 1 aromatic carbocycles. The zero-order chi connectivity index (χ0) is 12.4. The third-order valence-electron chi connectivity index (χ3n) is 2.88. The first-order chi connectivity index (χ1) is 8.11. The number of aliphatic hydroxyl groups is 1. The zero-order valence-electron chi connectivity index (χ0n) is 10.0. The molecule has 5 heteroatoms. The van der Waals surface area contributed by atoms with E-state index >= 15 is 0 Å². The minimum atomic E-state index is -0.343. The number of fused-ring (bicyclic) bond motifs is 1. The number of aromatic nitrogens is 1. The highest BCUT2D eigenvalue weighted by molar-refractivity contribution is 5.73. The number of hydrogen-bond acceptors (Lipinski definition) is 4. The van der Waals surface area contributed by atoms with Gasteiger partial charge in [-0.3, -0.25) is 9.47 Å². The molecule has 1 aromatic heterocycles. The monoisotopic (exact) mass is 236 g/mol. The van der Waals surface area contributed by atoms with Crippen LogP contribution in [0.15, 0.2) is 27.4 Å². The van der Waals surface area contributed by atoms with Gasteiger partial charge < -0.3 is 9.52 Å². The minimum Gasteiger partial charge on any atom is -0.408 e. The van der Waals surface area contributed by atoms with Crippen LogP contribution in [0.3, 0.4) is 0 Å². The molecule has 0 aliphatic carbocycles. The van der Waals surface area contributed by atoms with Crippen LogP contribution in [0, 0.1) is 0 Å². The van der Waals surface area contributed by atoms with Gasteiger partial charge in [-0.15, -0.1) is 0 Å². The van der Waals surface area contributed by atoms with Crippen molar-refractivity contribution in [2.75, 3.05) is 20.3 Å². The van der Waals surface area contributed by atoms with Crippen molar-refractivity contribution >= 4 is 11.1 Å². The van der Waals surface area contributed by atoms with E-state index in [2.05, 4.69) is 0 Å². The summed E-state index contributed by atoms with van der Waals surface area (Å²) in [6.07, 6.45) is 0.811. The van der Waals surface area contributed by atoms with E-state index in [9.17, 15) is 4.79 Å². The maximum atomic E-state index is 11.3. The summed E-state index contributed by atoms with van der Waals surface area (Å²) in [6.45, 7) is 0.807.